The van der Waals surface area contributed by atoms with Crippen molar-refractivity contribution < 1.29 is 9.18 Å². The van der Waals surface area contributed by atoms with Crippen LogP contribution in [0.4, 0.5) is 4.39 Å². The average molecular weight is 220 g/mol. The molecule has 0 N–H and O–H groups in total. The van der Waals surface area contributed by atoms with Gasteiger partial charge in [0.15, 0.2) is 5.78 Å². The lowest BCUT2D eigenvalue weighted by Crippen LogP contribution is -2.06. The predicted octanol–water partition coefficient (Wildman–Crippen LogP) is 4.08. The van der Waals surface area contributed by atoms with Gasteiger partial charge in [0.2, 0.25) is 0 Å². The van der Waals surface area contributed by atoms with Gasteiger partial charge in [0, 0.05) is 0 Å². The number of carbonyl (C=O) groups excluding carboxylic acids is 1. The van der Waals surface area contributed by atoms with Crippen molar-refractivity contribution in [3.05, 3.63) is 35.1 Å². The molecule has 0 aliphatic heterocycles. The minimum atomic E-state index is -0.396. The topological polar surface area (TPSA) is 17.1 Å². The molecule has 2 rings (SSSR count). The molecule has 1 aromatic carbocycles. The van der Waals surface area contributed by atoms with Gasteiger partial charge in [-0.1, -0.05) is 25.3 Å². The van der Waals surface area contributed by atoms with Gasteiger partial charge in [-0.3, -0.25) is 4.79 Å². The Morgan fingerprint density at radius 1 is 1.25 bits per heavy atom. The Kier molecular flexibility index (Phi) is 3.37. The molecule has 0 spiro atoms. The maximum atomic E-state index is 13.4. The van der Waals surface area contributed by atoms with E-state index in [1.807, 2.05) is 6.07 Å². The molecule has 0 aromatic heterocycles. The molecule has 1 fully saturated rings. The SMILES string of the molecule is CC(=O)c1cc(C2CCCCC2)ccc1F. The van der Waals surface area contributed by atoms with Crippen molar-refractivity contribution in [2.24, 2.45) is 0 Å². The molecule has 1 aliphatic rings. The summed E-state index contributed by atoms with van der Waals surface area (Å²) in [6.07, 6.45) is 6.14. The zero-order valence-corrected chi connectivity index (χ0v) is 9.63. The molecule has 0 radical (unpaired) electrons. The van der Waals surface area contributed by atoms with E-state index in [9.17, 15) is 9.18 Å². The van der Waals surface area contributed by atoms with E-state index < -0.39 is 5.82 Å². The summed E-state index contributed by atoms with van der Waals surface area (Å²) >= 11 is 0. The molecule has 0 bridgehead atoms. The third kappa shape index (κ3) is 2.31. The van der Waals surface area contributed by atoms with E-state index in [0.29, 0.717) is 5.92 Å². The molecule has 1 saturated carbocycles. The maximum Gasteiger partial charge on any atom is 0.162 e. The fraction of sp³-hybridized carbons (Fsp3) is 0.500. The largest absolute Gasteiger partial charge is 0.294 e. The van der Waals surface area contributed by atoms with Crippen molar-refractivity contribution in [3.63, 3.8) is 0 Å². The average Bonchev–Trinajstić information content (AvgIpc) is 2.30. The van der Waals surface area contributed by atoms with Crippen LogP contribution in [0.2, 0.25) is 0 Å². The first kappa shape index (κ1) is 11.3. The van der Waals surface area contributed by atoms with Gasteiger partial charge in [-0.15, -0.1) is 0 Å². The van der Waals surface area contributed by atoms with Crippen LogP contribution in [-0.4, -0.2) is 5.78 Å². The van der Waals surface area contributed by atoms with Crippen LogP contribution in [0.3, 0.4) is 0 Å². The summed E-state index contributed by atoms with van der Waals surface area (Å²) in [5.74, 6) is -0.0605. The number of hydrogen-bond acceptors (Lipinski definition) is 1. The number of carbonyl (C=O) groups is 1. The van der Waals surface area contributed by atoms with Gasteiger partial charge in [-0.25, -0.2) is 4.39 Å². The highest BCUT2D eigenvalue weighted by molar-refractivity contribution is 5.94. The molecule has 1 nitrogen and oxygen atoms in total. The van der Waals surface area contributed by atoms with Crippen molar-refractivity contribution in [2.75, 3.05) is 0 Å². The Hall–Kier alpha value is -1.18. The van der Waals surface area contributed by atoms with Crippen LogP contribution in [0.1, 0.15) is 60.9 Å². The Labute approximate surface area is 95.7 Å². The van der Waals surface area contributed by atoms with Crippen molar-refractivity contribution >= 4 is 5.78 Å². The maximum absolute atomic E-state index is 13.4. The number of benzene rings is 1. The first-order chi connectivity index (χ1) is 7.68. The van der Waals surface area contributed by atoms with Crippen LogP contribution >= 0.6 is 0 Å². The number of hydrogen-bond donors (Lipinski definition) is 0. The fourth-order valence-corrected chi connectivity index (χ4v) is 2.50. The Morgan fingerprint density at radius 3 is 2.56 bits per heavy atom. The summed E-state index contributed by atoms with van der Waals surface area (Å²) in [7, 11) is 0. The molecular formula is C14H17FO. The second kappa shape index (κ2) is 4.77. The minimum Gasteiger partial charge on any atom is -0.294 e. The number of ketones is 1. The Bertz CT molecular complexity index is 392. The predicted molar refractivity (Wildman–Crippen MR) is 62.2 cm³/mol. The monoisotopic (exact) mass is 220 g/mol. The lowest BCUT2D eigenvalue weighted by atomic mass is 9.83. The highest BCUT2D eigenvalue weighted by atomic mass is 19.1. The molecule has 0 saturated heterocycles. The molecule has 86 valence electrons. The standard InChI is InChI=1S/C14H17FO/c1-10(16)13-9-12(7-8-14(13)15)11-5-3-2-4-6-11/h7-9,11H,2-6H2,1H3. The third-order valence-electron chi connectivity index (χ3n) is 3.45. The first-order valence-electron chi connectivity index (χ1n) is 5.99. The van der Waals surface area contributed by atoms with Crippen LogP contribution in [0.25, 0.3) is 0 Å². The van der Waals surface area contributed by atoms with Crippen molar-refractivity contribution in [1.29, 1.82) is 0 Å². The summed E-state index contributed by atoms with van der Waals surface area (Å²) in [6, 6.07) is 5.01. The first-order valence-corrected chi connectivity index (χ1v) is 5.99. The molecule has 0 amide bonds. The number of halogens is 1. The molecule has 1 aromatic rings. The van der Waals surface area contributed by atoms with Crippen molar-refractivity contribution in [2.45, 2.75) is 44.9 Å². The van der Waals surface area contributed by atoms with Gasteiger partial charge in [0.1, 0.15) is 5.82 Å². The fourth-order valence-electron chi connectivity index (χ4n) is 2.50. The van der Waals surface area contributed by atoms with Gasteiger partial charge < -0.3 is 0 Å². The van der Waals surface area contributed by atoms with Crippen molar-refractivity contribution in [3.8, 4) is 0 Å². The number of rotatable bonds is 2. The van der Waals surface area contributed by atoms with Crippen LogP contribution in [0.15, 0.2) is 18.2 Å². The van der Waals surface area contributed by atoms with E-state index >= 15 is 0 Å². The lowest BCUT2D eigenvalue weighted by Gasteiger charge is -2.22. The van der Waals surface area contributed by atoms with Gasteiger partial charge in [0.05, 0.1) is 5.56 Å². The summed E-state index contributed by atoms with van der Waals surface area (Å²) in [6.45, 7) is 1.42. The van der Waals surface area contributed by atoms with E-state index in [2.05, 4.69) is 0 Å². The van der Waals surface area contributed by atoms with Crippen LogP contribution < -0.4 is 0 Å². The Balaban J connectivity index is 2.27. The highest BCUT2D eigenvalue weighted by Gasteiger charge is 2.17. The second-order valence-electron chi connectivity index (χ2n) is 4.63. The van der Waals surface area contributed by atoms with Gasteiger partial charge in [-0.05, 0) is 43.4 Å². The van der Waals surface area contributed by atoms with E-state index in [1.165, 1.54) is 45.1 Å². The van der Waals surface area contributed by atoms with E-state index in [1.54, 1.807) is 6.07 Å². The van der Waals surface area contributed by atoms with Crippen LogP contribution in [0, 0.1) is 5.82 Å². The lowest BCUT2D eigenvalue weighted by molar-refractivity contribution is 0.101. The van der Waals surface area contributed by atoms with Gasteiger partial charge in [0.25, 0.3) is 0 Å². The zero-order valence-electron chi connectivity index (χ0n) is 9.63. The number of Topliss-reactive ketones (excluding diaryl/α,β-unsaturated/α-hetero) is 1. The van der Waals surface area contributed by atoms with Crippen molar-refractivity contribution in [1.82, 2.24) is 0 Å². The molecule has 0 atom stereocenters. The third-order valence-corrected chi connectivity index (χ3v) is 3.45. The normalized spacial score (nSPS) is 17.4. The molecule has 0 unspecified atom stereocenters. The minimum absolute atomic E-state index is 0.185. The Morgan fingerprint density at radius 2 is 1.94 bits per heavy atom. The zero-order chi connectivity index (χ0) is 11.5. The summed E-state index contributed by atoms with van der Waals surface area (Å²) in [4.78, 5) is 11.3. The quantitative estimate of drug-likeness (QED) is 0.686. The van der Waals surface area contributed by atoms with Crippen LogP contribution in [-0.2, 0) is 0 Å². The second-order valence-corrected chi connectivity index (χ2v) is 4.63. The van der Waals surface area contributed by atoms with E-state index in [-0.39, 0.29) is 11.3 Å². The van der Waals surface area contributed by atoms with Gasteiger partial charge >= 0.3 is 0 Å². The molecule has 2 heteroatoms. The molecule has 0 heterocycles. The highest BCUT2D eigenvalue weighted by Crippen LogP contribution is 2.33. The van der Waals surface area contributed by atoms with Crippen LogP contribution in [0.5, 0.6) is 0 Å². The smallest absolute Gasteiger partial charge is 0.162 e. The van der Waals surface area contributed by atoms with E-state index in [4.69, 9.17) is 0 Å². The van der Waals surface area contributed by atoms with Gasteiger partial charge in [-0.2, -0.15) is 0 Å². The summed E-state index contributed by atoms with van der Waals surface area (Å²) in [5.41, 5.74) is 1.37. The molecular weight excluding hydrogens is 203 g/mol. The van der Waals surface area contributed by atoms with E-state index in [0.717, 1.165) is 5.56 Å². The molecule has 16 heavy (non-hydrogen) atoms. The summed E-state index contributed by atoms with van der Waals surface area (Å²) in [5, 5.41) is 0. The molecule has 1 aliphatic carbocycles. The summed E-state index contributed by atoms with van der Waals surface area (Å²) < 4.78 is 13.4.